The number of benzene rings is 2. The zero-order chi connectivity index (χ0) is 17.8. The van der Waals surface area contributed by atoms with Crippen molar-refractivity contribution in [3.8, 4) is 5.75 Å². The van der Waals surface area contributed by atoms with Gasteiger partial charge >= 0.3 is 0 Å². The van der Waals surface area contributed by atoms with Gasteiger partial charge in [0.05, 0.1) is 6.04 Å². The van der Waals surface area contributed by atoms with Crippen molar-refractivity contribution in [2.45, 2.75) is 19.1 Å². The molecular weight excluding hydrogens is 326 g/mol. The van der Waals surface area contributed by atoms with Crippen LogP contribution >= 0.6 is 0 Å². The van der Waals surface area contributed by atoms with E-state index in [9.17, 15) is 13.6 Å². The van der Waals surface area contributed by atoms with Gasteiger partial charge in [-0.05, 0) is 48.9 Å². The van der Waals surface area contributed by atoms with Crippen LogP contribution in [0.4, 0.5) is 8.78 Å². The van der Waals surface area contributed by atoms with E-state index in [0.29, 0.717) is 25.4 Å². The van der Waals surface area contributed by atoms with E-state index in [2.05, 4.69) is 5.32 Å². The van der Waals surface area contributed by atoms with Crippen molar-refractivity contribution in [2.75, 3.05) is 19.6 Å². The topological polar surface area (TPSA) is 41.6 Å². The lowest BCUT2D eigenvalue weighted by molar-refractivity contribution is -0.141. The largest absolute Gasteiger partial charge is 0.481 e. The molecule has 1 amide bonds. The first kappa shape index (κ1) is 17.4. The maximum absolute atomic E-state index is 13.5. The van der Waals surface area contributed by atoms with Gasteiger partial charge in [-0.1, -0.05) is 12.1 Å². The maximum atomic E-state index is 13.5. The van der Waals surface area contributed by atoms with E-state index in [1.54, 1.807) is 17.9 Å². The lowest BCUT2D eigenvalue weighted by Crippen LogP contribution is -2.52. The Hall–Kier alpha value is -2.47. The van der Waals surface area contributed by atoms with Crippen molar-refractivity contribution < 1.29 is 18.3 Å². The van der Waals surface area contributed by atoms with Gasteiger partial charge in [0, 0.05) is 19.6 Å². The number of carbonyl (C=O) groups excluding carboxylic acids is 1. The van der Waals surface area contributed by atoms with Crippen LogP contribution in [0.5, 0.6) is 5.75 Å². The maximum Gasteiger partial charge on any atom is 0.263 e. The lowest BCUT2D eigenvalue weighted by Gasteiger charge is -2.38. The molecule has 0 bridgehead atoms. The first-order chi connectivity index (χ1) is 12.0. The quantitative estimate of drug-likeness (QED) is 0.926. The SMILES string of the molecule is CC(Oc1ccc(F)cc1)C(=O)N1CCNCC1c1cccc(F)c1. The van der Waals surface area contributed by atoms with Gasteiger partial charge in [-0.25, -0.2) is 8.78 Å². The van der Waals surface area contributed by atoms with Crippen LogP contribution in [0.15, 0.2) is 48.5 Å². The van der Waals surface area contributed by atoms with Gasteiger partial charge < -0.3 is 15.0 Å². The number of hydrogen-bond donors (Lipinski definition) is 1. The van der Waals surface area contributed by atoms with E-state index in [0.717, 1.165) is 5.56 Å². The Labute approximate surface area is 145 Å². The molecule has 0 saturated carbocycles. The minimum atomic E-state index is -0.723. The zero-order valence-electron chi connectivity index (χ0n) is 13.9. The molecule has 0 radical (unpaired) electrons. The third-order valence-electron chi connectivity index (χ3n) is 4.23. The summed E-state index contributed by atoms with van der Waals surface area (Å²) in [6.45, 7) is 3.40. The molecule has 1 aliphatic heterocycles. The molecular formula is C19H20F2N2O2. The highest BCUT2D eigenvalue weighted by Gasteiger charge is 2.31. The highest BCUT2D eigenvalue weighted by Crippen LogP contribution is 2.24. The van der Waals surface area contributed by atoms with E-state index in [-0.39, 0.29) is 23.6 Å². The lowest BCUT2D eigenvalue weighted by atomic mass is 10.0. The number of carbonyl (C=O) groups is 1. The zero-order valence-corrected chi connectivity index (χ0v) is 13.9. The van der Waals surface area contributed by atoms with Crippen molar-refractivity contribution in [3.05, 3.63) is 65.7 Å². The Kier molecular flexibility index (Phi) is 5.28. The number of hydrogen-bond acceptors (Lipinski definition) is 3. The summed E-state index contributed by atoms with van der Waals surface area (Å²) in [5, 5.41) is 3.23. The van der Waals surface area contributed by atoms with E-state index >= 15 is 0 Å². The van der Waals surface area contributed by atoms with Gasteiger partial charge in [-0.15, -0.1) is 0 Å². The fourth-order valence-corrected chi connectivity index (χ4v) is 2.98. The molecule has 2 aromatic carbocycles. The summed E-state index contributed by atoms with van der Waals surface area (Å²) in [5.41, 5.74) is 0.745. The molecule has 132 valence electrons. The highest BCUT2D eigenvalue weighted by molar-refractivity contribution is 5.81. The Morgan fingerprint density at radius 2 is 1.96 bits per heavy atom. The van der Waals surface area contributed by atoms with Crippen molar-refractivity contribution >= 4 is 5.91 Å². The molecule has 6 heteroatoms. The van der Waals surface area contributed by atoms with Gasteiger partial charge in [0.25, 0.3) is 5.91 Å². The number of amides is 1. The van der Waals surface area contributed by atoms with Crippen molar-refractivity contribution in [1.82, 2.24) is 10.2 Å². The second-order valence-electron chi connectivity index (χ2n) is 6.02. The number of nitrogens with zero attached hydrogens (tertiary/aromatic N) is 1. The molecule has 2 unspecified atom stereocenters. The standard InChI is InChI=1S/C19H20F2N2O2/c1-13(25-17-7-5-15(20)6-8-17)19(24)23-10-9-22-12-18(23)14-3-2-4-16(21)11-14/h2-8,11,13,18,22H,9-10,12H2,1H3. The molecule has 3 rings (SSSR count). The smallest absolute Gasteiger partial charge is 0.263 e. The molecule has 2 atom stereocenters. The molecule has 1 saturated heterocycles. The van der Waals surface area contributed by atoms with Crippen LogP contribution in [-0.4, -0.2) is 36.5 Å². The Balaban J connectivity index is 1.74. The van der Waals surface area contributed by atoms with Gasteiger partial charge in [0.15, 0.2) is 6.10 Å². The van der Waals surface area contributed by atoms with Gasteiger partial charge in [0.2, 0.25) is 0 Å². The third-order valence-corrected chi connectivity index (χ3v) is 4.23. The fourth-order valence-electron chi connectivity index (χ4n) is 2.98. The molecule has 1 N–H and O–H groups in total. The summed E-state index contributed by atoms with van der Waals surface area (Å²) in [5.74, 6) is -0.439. The minimum Gasteiger partial charge on any atom is -0.481 e. The second kappa shape index (κ2) is 7.61. The van der Waals surface area contributed by atoms with Gasteiger partial charge in [-0.2, -0.15) is 0 Å². The predicted molar refractivity (Wildman–Crippen MR) is 90.2 cm³/mol. The monoisotopic (exact) mass is 346 g/mol. The van der Waals surface area contributed by atoms with E-state index in [1.165, 1.54) is 36.4 Å². The van der Waals surface area contributed by atoms with Crippen molar-refractivity contribution in [3.63, 3.8) is 0 Å². The van der Waals surface area contributed by atoms with Crippen LogP contribution in [0.2, 0.25) is 0 Å². The average molecular weight is 346 g/mol. The molecule has 4 nitrogen and oxygen atoms in total. The number of rotatable bonds is 4. The second-order valence-corrected chi connectivity index (χ2v) is 6.02. The van der Waals surface area contributed by atoms with Crippen LogP contribution in [0.25, 0.3) is 0 Å². The summed E-state index contributed by atoms with van der Waals surface area (Å²) in [7, 11) is 0. The fraction of sp³-hybridized carbons (Fsp3) is 0.316. The average Bonchev–Trinajstić information content (AvgIpc) is 2.63. The highest BCUT2D eigenvalue weighted by atomic mass is 19.1. The van der Waals surface area contributed by atoms with E-state index < -0.39 is 6.10 Å². The molecule has 1 heterocycles. The Bertz CT molecular complexity index is 736. The van der Waals surface area contributed by atoms with Crippen LogP contribution in [0.3, 0.4) is 0 Å². The van der Waals surface area contributed by atoms with Crippen LogP contribution in [-0.2, 0) is 4.79 Å². The summed E-state index contributed by atoms with van der Waals surface area (Å²) >= 11 is 0. The molecule has 0 spiro atoms. The van der Waals surface area contributed by atoms with Crippen LogP contribution < -0.4 is 10.1 Å². The Morgan fingerprint density at radius 1 is 1.20 bits per heavy atom. The molecule has 25 heavy (non-hydrogen) atoms. The number of ether oxygens (including phenoxy) is 1. The molecule has 0 aromatic heterocycles. The normalized spacial score (nSPS) is 18.7. The van der Waals surface area contributed by atoms with E-state index in [1.807, 2.05) is 6.07 Å². The minimum absolute atomic E-state index is 0.180. The number of halogens is 2. The molecule has 2 aromatic rings. The van der Waals surface area contributed by atoms with Crippen molar-refractivity contribution in [1.29, 1.82) is 0 Å². The van der Waals surface area contributed by atoms with Gasteiger partial charge in [-0.3, -0.25) is 4.79 Å². The molecule has 1 fully saturated rings. The van der Waals surface area contributed by atoms with Crippen LogP contribution in [0.1, 0.15) is 18.5 Å². The molecule has 1 aliphatic rings. The first-order valence-electron chi connectivity index (χ1n) is 8.23. The Morgan fingerprint density at radius 3 is 2.68 bits per heavy atom. The van der Waals surface area contributed by atoms with Crippen LogP contribution in [0, 0.1) is 11.6 Å². The summed E-state index contributed by atoms with van der Waals surface area (Å²) < 4.78 is 32.2. The predicted octanol–water partition coefficient (Wildman–Crippen LogP) is 2.91. The summed E-state index contributed by atoms with van der Waals surface area (Å²) in [6, 6.07) is 11.6. The third kappa shape index (κ3) is 4.14. The first-order valence-corrected chi connectivity index (χ1v) is 8.23. The number of nitrogens with one attached hydrogen (secondary N) is 1. The summed E-state index contributed by atoms with van der Waals surface area (Å²) in [4.78, 5) is 14.6. The number of piperazine rings is 1. The molecule has 0 aliphatic carbocycles. The summed E-state index contributed by atoms with van der Waals surface area (Å²) in [6.07, 6.45) is -0.723. The van der Waals surface area contributed by atoms with Crippen molar-refractivity contribution in [2.24, 2.45) is 0 Å². The van der Waals surface area contributed by atoms with E-state index in [4.69, 9.17) is 4.74 Å². The van der Waals surface area contributed by atoms with Gasteiger partial charge in [0.1, 0.15) is 17.4 Å².